The van der Waals surface area contributed by atoms with Gasteiger partial charge in [0, 0.05) is 41.1 Å². The zero-order chi connectivity index (χ0) is 21.8. The smallest absolute Gasteiger partial charge is 0.0281 e. The summed E-state index contributed by atoms with van der Waals surface area (Å²) < 4.78 is 4.58. The van der Waals surface area contributed by atoms with Crippen molar-refractivity contribution < 1.29 is 0 Å². The number of fused-ring (bicyclic) bond motifs is 9. The minimum atomic E-state index is -0.0594. The number of halogens is 4. The molecule has 0 amide bonds. The molecule has 0 heterocycles. The molecule has 0 spiro atoms. The van der Waals surface area contributed by atoms with Crippen molar-refractivity contribution in [3.8, 4) is 0 Å². The van der Waals surface area contributed by atoms with Crippen LogP contribution < -0.4 is 0 Å². The van der Waals surface area contributed by atoms with E-state index in [9.17, 15) is 0 Å². The van der Waals surface area contributed by atoms with E-state index in [1.807, 2.05) is 0 Å². The molecule has 3 aliphatic carbocycles. The van der Waals surface area contributed by atoms with Gasteiger partial charge < -0.3 is 0 Å². The van der Waals surface area contributed by atoms with Gasteiger partial charge in [-0.05, 0) is 87.5 Å². The van der Waals surface area contributed by atoms with Gasteiger partial charge in [0.2, 0.25) is 0 Å². The highest BCUT2D eigenvalue weighted by Gasteiger charge is 2.67. The summed E-state index contributed by atoms with van der Waals surface area (Å²) in [6.07, 6.45) is 0. The summed E-state index contributed by atoms with van der Waals surface area (Å²) in [6.45, 7) is 0. The molecule has 0 aromatic heterocycles. The Balaban J connectivity index is 1.67. The van der Waals surface area contributed by atoms with Gasteiger partial charge in [0.05, 0.1) is 0 Å². The number of rotatable bonds is 1. The van der Waals surface area contributed by atoms with E-state index in [4.69, 9.17) is 0 Å². The first-order chi connectivity index (χ1) is 15.5. The summed E-state index contributed by atoms with van der Waals surface area (Å²) >= 11 is 15.0. The highest BCUT2D eigenvalue weighted by molar-refractivity contribution is 9.11. The largest absolute Gasteiger partial charge is 0.0573 e. The zero-order valence-electron chi connectivity index (χ0n) is 16.7. The molecular formula is C28H16Br4. The molecule has 4 aromatic rings. The van der Waals surface area contributed by atoms with E-state index >= 15 is 0 Å². The van der Waals surface area contributed by atoms with Crippen molar-refractivity contribution >= 4 is 63.7 Å². The van der Waals surface area contributed by atoms with Gasteiger partial charge in [0.25, 0.3) is 0 Å². The molecule has 7 rings (SSSR count). The predicted octanol–water partition coefficient (Wildman–Crippen LogP) is 9.41. The van der Waals surface area contributed by atoms with E-state index < -0.39 is 0 Å². The molecule has 0 N–H and O–H groups in total. The molecule has 0 aliphatic heterocycles. The van der Waals surface area contributed by atoms with Crippen LogP contribution in [0, 0.1) is 0 Å². The van der Waals surface area contributed by atoms with Gasteiger partial charge in [-0.1, -0.05) is 94.1 Å². The lowest BCUT2D eigenvalue weighted by atomic mass is 9.64. The van der Waals surface area contributed by atoms with E-state index in [1.165, 1.54) is 38.9 Å². The lowest BCUT2D eigenvalue weighted by Crippen LogP contribution is -2.33. The Morgan fingerprint density at radius 2 is 0.750 bits per heavy atom. The maximum Gasteiger partial charge on any atom is 0.0281 e. The second-order valence-electron chi connectivity index (χ2n) is 9.06. The van der Waals surface area contributed by atoms with E-state index in [0.717, 1.165) is 17.9 Å². The highest BCUT2D eigenvalue weighted by atomic mass is 79.9. The average Bonchev–Trinajstić information content (AvgIpc) is 3.33. The summed E-state index contributed by atoms with van der Waals surface area (Å²) in [7, 11) is 0. The van der Waals surface area contributed by atoms with Crippen molar-refractivity contribution in [1.29, 1.82) is 0 Å². The minimum absolute atomic E-state index is 0.0594. The normalized spacial score (nSPS) is 25.9. The molecule has 4 aromatic carbocycles. The average molecular weight is 672 g/mol. The molecule has 0 fully saturated rings. The third-order valence-electron chi connectivity index (χ3n) is 7.79. The number of hydrogen-bond donors (Lipinski definition) is 0. The second kappa shape index (κ2) is 6.91. The number of benzene rings is 4. The van der Waals surface area contributed by atoms with Crippen molar-refractivity contribution in [3.63, 3.8) is 0 Å². The maximum absolute atomic E-state index is 3.77. The van der Waals surface area contributed by atoms with Crippen molar-refractivity contribution in [2.24, 2.45) is 0 Å². The Morgan fingerprint density at radius 3 is 1.12 bits per heavy atom. The molecule has 3 aliphatic rings. The van der Waals surface area contributed by atoms with Crippen LogP contribution >= 0.6 is 63.7 Å². The third-order valence-corrected chi connectivity index (χ3v) is 9.80. The van der Waals surface area contributed by atoms with Crippen LogP contribution in [0.1, 0.15) is 56.7 Å². The van der Waals surface area contributed by atoms with Crippen LogP contribution in [0.3, 0.4) is 0 Å². The molecule has 0 radical (unpaired) electrons. The lowest BCUT2D eigenvalue weighted by molar-refractivity contribution is 0.386. The third kappa shape index (κ3) is 2.43. The molecular weight excluding hydrogens is 656 g/mol. The topological polar surface area (TPSA) is 0 Å². The molecule has 2 unspecified atom stereocenters. The Labute approximate surface area is 221 Å². The van der Waals surface area contributed by atoms with Gasteiger partial charge in [-0.15, -0.1) is 0 Å². The van der Waals surface area contributed by atoms with Crippen LogP contribution in [-0.2, 0) is 5.41 Å². The standard InChI is InChI=1S/C28H16Br4/c29-15-3-1-14(2-4-15)28-25-19-8-5-16(30)11-22(19)26(28)21-10-7-18(32)13-24(21)27(28)20-9-6-17(31)12-23(20)25/h1-13,25-27H/t25-,26-,27?,28?/m1/s1. The Hall–Kier alpha value is -1.20. The summed E-state index contributed by atoms with van der Waals surface area (Å²) in [5, 5.41) is 0. The fourth-order valence-electron chi connectivity index (χ4n) is 6.96. The van der Waals surface area contributed by atoms with Gasteiger partial charge in [-0.3, -0.25) is 0 Å². The zero-order valence-corrected chi connectivity index (χ0v) is 23.1. The van der Waals surface area contributed by atoms with Crippen LogP contribution in [0.25, 0.3) is 0 Å². The van der Waals surface area contributed by atoms with Gasteiger partial charge in [0.1, 0.15) is 0 Å². The summed E-state index contributed by atoms with van der Waals surface area (Å²) in [5.74, 6) is 0.960. The van der Waals surface area contributed by atoms with Gasteiger partial charge in [0.15, 0.2) is 0 Å². The first-order valence-corrected chi connectivity index (χ1v) is 13.8. The van der Waals surface area contributed by atoms with Crippen molar-refractivity contribution in [1.82, 2.24) is 0 Å². The lowest BCUT2D eigenvalue weighted by Gasteiger charge is -2.37. The SMILES string of the molecule is Brc1ccc(C23C4c5cc(Br)ccc5[C@@H]2c2cc(Br)ccc2[C@@H]3c2cc(Br)ccc24)cc1. The van der Waals surface area contributed by atoms with E-state index in [0.29, 0.717) is 17.8 Å². The van der Waals surface area contributed by atoms with Crippen LogP contribution in [0.2, 0.25) is 0 Å². The fourth-order valence-corrected chi connectivity index (χ4v) is 8.36. The first kappa shape index (κ1) is 20.2. The van der Waals surface area contributed by atoms with Crippen molar-refractivity contribution in [3.05, 3.63) is 136 Å². The molecule has 0 nitrogen and oxygen atoms in total. The summed E-state index contributed by atoms with van der Waals surface area (Å²) in [4.78, 5) is 0. The first-order valence-electron chi connectivity index (χ1n) is 10.6. The Kier molecular flexibility index (Phi) is 4.36. The molecule has 0 bridgehead atoms. The van der Waals surface area contributed by atoms with Crippen molar-refractivity contribution in [2.75, 3.05) is 0 Å². The van der Waals surface area contributed by atoms with E-state index in [-0.39, 0.29) is 5.41 Å². The molecule has 156 valence electrons. The van der Waals surface area contributed by atoms with Gasteiger partial charge in [-0.25, -0.2) is 0 Å². The summed E-state index contributed by atoms with van der Waals surface area (Å²) in [5.41, 5.74) is 10.2. The van der Waals surface area contributed by atoms with E-state index in [2.05, 4.69) is 143 Å². The monoisotopic (exact) mass is 668 g/mol. The Morgan fingerprint density at radius 1 is 0.406 bits per heavy atom. The van der Waals surface area contributed by atoms with Gasteiger partial charge >= 0.3 is 0 Å². The van der Waals surface area contributed by atoms with E-state index in [1.54, 1.807) is 0 Å². The fraction of sp³-hybridized carbons (Fsp3) is 0.143. The van der Waals surface area contributed by atoms with Crippen molar-refractivity contribution in [2.45, 2.75) is 23.2 Å². The molecule has 0 saturated carbocycles. The van der Waals surface area contributed by atoms with Crippen LogP contribution in [0.15, 0.2) is 96.8 Å². The minimum Gasteiger partial charge on any atom is -0.0573 e. The maximum atomic E-state index is 3.77. The summed E-state index contributed by atoms with van der Waals surface area (Å²) in [6, 6.07) is 29.9. The molecule has 4 atom stereocenters. The number of hydrogen-bond acceptors (Lipinski definition) is 0. The van der Waals surface area contributed by atoms with Crippen LogP contribution in [0.4, 0.5) is 0 Å². The predicted molar refractivity (Wildman–Crippen MR) is 144 cm³/mol. The molecule has 32 heavy (non-hydrogen) atoms. The Bertz CT molecular complexity index is 1300. The van der Waals surface area contributed by atoms with Crippen LogP contribution in [0.5, 0.6) is 0 Å². The molecule has 0 saturated heterocycles. The second-order valence-corrected chi connectivity index (χ2v) is 12.7. The van der Waals surface area contributed by atoms with Gasteiger partial charge in [-0.2, -0.15) is 0 Å². The van der Waals surface area contributed by atoms with Crippen LogP contribution in [-0.4, -0.2) is 0 Å². The molecule has 4 heteroatoms. The quantitative estimate of drug-likeness (QED) is 0.189. The highest BCUT2D eigenvalue weighted by Crippen LogP contribution is 2.76.